The molecule has 104 valence electrons. The number of para-hydroxylation sites is 1. The molecule has 1 aromatic heterocycles. The first-order valence-corrected chi connectivity index (χ1v) is 6.88. The minimum atomic E-state index is -0.163. The number of aromatic amines is 1. The summed E-state index contributed by atoms with van der Waals surface area (Å²) >= 11 is 0. The van der Waals surface area contributed by atoms with E-state index >= 15 is 0 Å². The quantitative estimate of drug-likeness (QED) is 0.740. The number of H-pyrrole nitrogens is 1. The highest BCUT2D eigenvalue weighted by Crippen LogP contribution is 2.28. The Morgan fingerprint density at radius 1 is 1.20 bits per heavy atom. The standard InChI is InChI=1S/C15H17N3O2/c19-14(17-18-15(20)10-5-6-10)8-7-11-9-16-13-4-2-1-3-12(11)13/h1-4,9-10,16H,5-8H2,(H,17,19)(H,18,20). The van der Waals surface area contributed by atoms with E-state index in [2.05, 4.69) is 15.8 Å². The number of amides is 2. The van der Waals surface area contributed by atoms with Crippen LogP contribution in [0.25, 0.3) is 10.9 Å². The molecule has 0 radical (unpaired) electrons. The fraction of sp³-hybridized carbons (Fsp3) is 0.333. The van der Waals surface area contributed by atoms with E-state index in [-0.39, 0.29) is 17.7 Å². The van der Waals surface area contributed by atoms with E-state index in [0.29, 0.717) is 12.8 Å². The van der Waals surface area contributed by atoms with Gasteiger partial charge in [0.25, 0.3) is 0 Å². The second kappa shape index (κ2) is 5.36. The minimum Gasteiger partial charge on any atom is -0.361 e. The third-order valence-electron chi connectivity index (χ3n) is 3.57. The molecule has 0 atom stereocenters. The van der Waals surface area contributed by atoms with Gasteiger partial charge in [0.2, 0.25) is 11.8 Å². The van der Waals surface area contributed by atoms with Crippen LogP contribution in [-0.4, -0.2) is 16.8 Å². The van der Waals surface area contributed by atoms with Crippen molar-refractivity contribution < 1.29 is 9.59 Å². The maximum Gasteiger partial charge on any atom is 0.241 e. The molecular formula is C15H17N3O2. The van der Waals surface area contributed by atoms with Crippen LogP contribution in [0, 0.1) is 5.92 Å². The number of carbonyl (C=O) groups excluding carboxylic acids is 2. The average molecular weight is 271 g/mol. The molecule has 0 unspecified atom stereocenters. The van der Waals surface area contributed by atoms with Crippen molar-refractivity contribution >= 4 is 22.7 Å². The van der Waals surface area contributed by atoms with E-state index in [1.165, 1.54) is 0 Å². The number of hydrogen-bond acceptors (Lipinski definition) is 2. The van der Waals surface area contributed by atoms with Gasteiger partial charge in [-0.2, -0.15) is 0 Å². The number of hydrogen-bond donors (Lipinski definition) is 3. The molecule has 1 saturated carbocycles. The van der Waals surface area contributed by atoms with Crippen LogP contribution in [0.1, 0.15) is 24.8 Å². The van der Waals surface area contributed by atoms with Crippen LogP contribution in [0.4, 0.5) is 0 Å². The van der Waals surface area contributed by atoms with Gasteiger partial charge in [0.05, 0.1) is 0 Å². The lowest BCUT2D eigenvalue weighted by atomic mass is 10.1. The Morgan fingerprint density at radius 3 is 2.80 bits per heavy atom. The Kier molecular flexibility index (Phi) is 3.41. The van der Waals surface area contributed by atoms with Gasteiger partial charge in [-0.25, -0.2) is 0 Å². The van der Waals surface area contributed by atoms with Crippen molar-refractivity contribution in [3.05, 3.63) is 36.0 Å². The van der Waals surface area contributed by atoms with Gasteiger partial charge in [-0.15, -0.1) is 0 Å². The van der Waals surface area contributed by atoms with E-state index in [1.54, 1.807) is 0 Å². The van der Waals surface area contributed by atoms with Gasteiger partial charge in [0, 0.05) is 29.4 Å². The Labute approximate surface area is 116 Å². The van der Waals surface area contributed by atoms with Gasteiger partial charge in [-0.1, -0.05) is 18.2 Å². The molecule has 1 aliphatic carbocycles. The zero-order valence-electron chi connectivity index (χ0n) is 11.1. The predicted octanol–water partition coefficient (Wildman–Crippen LogP) is 1.66. The van der Waals surface area contributed by atoms with Crippen molar-refractivity contribution in [3.63, 3.8) is 0 Å². The third kappa shape index (κ3) is 2.82. The number of aryl methyl sites for hydroxylation is 1. The molecule has 3 N–H and O–H groups in total. The van der Waals surface area contributed by atoms with Crippen LogP contribution in [0.15, 0.2) is 30.5 Å². The van der Waals surface area contributed by atoms with Crippen LogP contribution in [-0.2, 0) is 16.0 Å². The van der Waals surface area contributed by atoms with Crippen LogP contribution in [0.5, 0.6) is 0 Å². The number of fused-ring (bicyclic) bond motifs is 1. The lowest BCUT2D eigenvalue weighted by Gasteiger charge is -2.06. The first kappa shape index (κ1) is 12.7. The molecule has 1 aromatic carbocycles. The fourth-order valence-corrected chi connectivity index (χ4v) is 2.23. The summed E-state index contributed by atoms with van der Waals surface area (Å²) in [5.41, 5.74) is 7.12. The first-order valence-electron chi connectivity index (χ1n) is 6.88. The lowest BCUT2D eigenvalue weighted by molar-refractivity contribution is -0.129. The molecule has 2 aromatic rings. The SMILES string of the molecule is O=C(CCc1c[nH]c2ccccc12)NNC(=O)C1CC1. The summed E-state index contributed by atoms with van der Waals surface area (Å²) in [6.45, 7) is 0. The van der Waals surface area contributed by atoms with Crippen LogP contribution < -0.4 is 10.9 Å². The topological polar surface area (TPSA) is 74.0 Å². The number of aromatic nitrogens is 1. The van der Waals surface area contributed by atoms with Gasteiger partial charge >= 0.3 is 0 Å². The summed E-state index contributed by atoms with van der Waals surface area (Å²) < 4.78 is 0. The second-order valence-electron chi connectivity index (χ2n) is 5.17. The van der Waals surface area contributed by atoms with E-state index in [1.807, 2.05) is 30.5 Å². The molecule has 0 saturated heterocycles. The summed E-state index contributed by atoms with van der Waals surface area (Å²) in [4.78, 5) is 26.3. The van der Waals surface area contributed by atoms with E-state index < -0.39 is 0 Å². The number of hydrazine groups is 1. The normalized spacial score (nSPS) is 14.2. The fourth-order valence-electron chi connectivity index (χ4n) is 2.23. The Morgan fingerprint density at radius 2 is 2.00 bits per heavy atom. The molecule has 5 heteroatoms. The number of rotatable bonds is 4. The van der Waals surface area contributed by atoms with Crippen molar-refractivity contribution in [2.24, 2.45) is 5.92 Å². The van der Waals surface area contributed by atoms with Crippen LogP contribution in [0.3, 0.4) is 0 Å². The first-order chi connectivity index (χ1) is 9.74. The highest BCUT2D eigenvalue weighted by atomic mass is 16.2. The number of nitrogens with one attached hydrogen (secondary N) is 3. The number of benzene rings is 1. The summed E-state index contributed by atoms with van der Waals surface area (Å²) in [5.74, 6) is -0.140. The Hall–Kier alpha value is -2.30. The molecule has 1 aliphatic rings. The largest absolute Gasteiger partial charge is 0.361 e. The lowest BCUT2D eigenvalue weighted by Crippen LogP contribution is -2.42. The van der Waals surface area contributed by atoms with E-state index in [9.17, 15) is 9.59 Å². The zero-order chi connectivity index (χ0) is 13.9. The van der Waals surface area contributed by atoms with Gasteiger partial charge < -0.3 is 4.98 Å². The summed E-state index contributed by atoms with van der Waals surface area (Å²) in [7, 11) is 0. The summed E-state index contributed by atoms with van der Waals surface area (Å²) in [5, 5.41) is 1.14. The Bertz CT molecular complexity index is 643. The predicted molar refractivity (Wildman–Crippen MR) is 75.6 cm³/mol. The third-order valence-corrected chi connectivity index (χ3v) is 3.57. The number of carbonyl (C=O) groups is 2. The Balaban J connectivity index is 1.51. The molecule has 1 heterocycles. The van der Waals surface area contributed by atoms with Crippen LogP contribution in [0.2, 0.25) is 0 Å². The zero-order valence-corrected chi connectivity index (χ0v) is 11.1. The van der Waals surface area contributed by atoms with Gasteiger partial charge in [0.15, 0.2) is 0 Å². The average Bonchev–Trinajstić information content (AvgIpc) is 3.24. The minimum absolute atomic E-state index is 0.0783. The monoisotopic (exact) mass is 271 g/mol. The maximum absolute atomic E-state index is 11.7. The van der Waals surface area contributed by atoms with Crippen LogP contribution >= 0.6 is 0 Å². The molecule has 20 heavy (non-hydrogen) atoms. The van der Waals surface area contributed by atoms with Crippen molar-refractivity contribution in [2.75, 3.05) is 0 Å². The van der Waals surface area contributed by atoms with E-state index in [4.69, 9.17) is 0 Å². The van der Waals surface area contributed by atoms with E-state index in [0.717, 1.165) is 29.3 Å². The molecule has 5 nitrogen and oxygen atoms in total. The van der Waals surface area contributed by atoms with Gasteiger partial charge in [-0.3, -0.25) is 20.4 Å². The maximum atomic E-state index is 11.7. The summed E-state index contributed by atoms with van der Waals surface area (Å²) in [6.07, 6.45) is 4.79. The molecule has 0 bridgehead atoms. The molecule has 0 aliphatic heterocycles. The smallest absolute Gasteiger partial charge is 0.241 e. The van der Waals surface area contributed by atoms with Crippen molar-refractivity contribution in [1.82, 2.24) is 15.8 Å². The highest BCUT2D eigenvalue weighted by molar-refractivity contribution is 5.86. The molecule has 0 spiro atoms. The highest BCUT2D eigenvalue weighted by Gasteiger charge is 2.29. The van der Waals surface area contributed by atoms with Crippen molar-refractivity contribution in [1.29, 1.82) is 0 Å². The summed E-state index contributed by atoms with van der Waals surface area (Å²) in [6, 6.07) is 8.00. The molecule has 1 fully saturated rings. The van der Waals surface area contributed by atoms with Crippen molar-refractivity contribution in [2.45, 2.75) is 25.7 Å². The van der Waals surface area contributed by atoms with Gasteiger partial charge in [-0.05, 0) is 30.9 Å². The molecule has 2 amide bonds. The molecular weight excluding hydrogens is 254 g/mol. The van der Waals surface area contributed by atoms with Gasteiger partial charge in [0.1, 0.15) is 0 Å². The van der Waals surface area contributed by atoms with Crippen molar-refractivity contribution in [3.8, 4) is 0 Å². The second-order valence-corrected chi connectivity index (χ2v) is 5.17. The molecule has 3 rings (SSSR count).